The summed E-state index contributed by atoms with van der Waals surface area (Å²) >= 11 is 0. The first-order chi connectivity index (χ1) is 15.4. The number of carboxylic acids is 1. The van der Waals surface area contributed by atoms with Crippen LogP contribution in [-0.2, 0) is 9.53 Å². The molecule has 0 saturated carbocycles. The molecule has 1 atom stereocenters. The second-order valence-electron chi connectivity index (χ2n) is 7.55. The number of aliphatic carboxylic acids is 1. The third-order valence-corrected chi connectivity index (χ3v) is 5.64. The van der Waals surface area contributed by atoms with E-state index in [4.69, 9.17) is 9.84 Å². The van der Waals surface area contributed by atoms with Crippen LogP contribution >= 0.6 is 0 Å². The Bertz CT molecular complexity index is 1140. The number of fused-ring (bicyclic) bond motifs is 3. The van der Waals surface area contributed by atoms with E-state index in [0.717, 1.165) is 27.2 Å². The second kappa shape index (κ2) is 8.54. The summed E-state index contributed by atoms with van der Waals surface area (Å²) in [5.74, 6) is -1.66. The van der Waals surface area contributed by atoms with Gasteiger partial charge >= 0.3 is 12.1 Å². The number of hydrogen-bond acceptors (Lipinski definition) is 5. The fourth-order valence-electron chi connectivity index (χ4n) is 3.77. The number of rotatable bonds is 6. The van der Waals surface area contributed by atoms with Gasteiger partial charge in [-0.1, -0.05) is 48.5 Å². The van der Waals surface area contributed by atoms with Gasteiger partial charge in [0, 0.05) is 19.0 Å². The van der Waals surface area contributed by atoms with E-state index >= 15 is 0 Å². The zero-order chi connectivity index (χ0) is 22.8. The van der Waals surface area contributed by atoms with Gasteiger partial charge in [-0.2, -0.15) is 5.10 Å². The number of anilines is 1. The van der Waals surface area contributed by atoms with Gasteiger partial charge in [0.1, 0.15) is 18.3 Å². The van der Waals surface area contributed by atoms with E-state index in [2.05, 4.69) is 27.6 Å². The molecular weight excluding hydrogens is 412 g/mol. The molecule has 4 rings (SSSR count). The first kappa shape index (κ1) is 21.1. The van der Waals surface area contributed by atoms with Crippen molar-refractivity contribution in [1.29, 1.82) is 0 Å². The topological polar surface area (TPSA) is 125 Å². The van der Waals surface area contributed by atoms with Crippen molar-refractivity contribution in [3.8, 4) is 11.1 Å². The molecule has 2 amide bonds. The average Bonchev–Trinajstić information content (AvgIpc) is 3.38. The predicted molar refractivity (Wildman–Crippen MR) is 116 cm³/mol. The number of H-pyrrole nitrogens is 1. The lowest BCUT2D eigenvalue weighted by atomic mass is 9.98. The van der Waals surface area contributed by atoms with E-state index in [-0.39, 0.29) is 24.0 Å². The van der Waals surface area contributed by atoms with Gasteiger partial charge in [0.15, 0.2) is 5.82 Å². The van der Waals surface area contributed by atoms with Crippen LogP contribution in [0.15, 0.2) is 54.6 Å². The van der Waals surface area contributed by atoms with Gasteiger partial charge in [-0.15, -0.1) is 0 Å². The number of nitrogens with zero attached hydrogens (tertiary/aromatic N) is 2. The van der Waals surface area contributed by atoms with Crippen molar-refractivity contribution in [2.45, 2.75) is 18.9 Å². The molecule has 3 N–H and O–H groups in total. The molecule has 9 heteroatoms. The zero-order valence-electron chi connectivity index (χ0n) is 17.5. The number of carbonyl (C=O) groups excluding carboxylic acids is 2. The molecule has 0 fully saturated rings. The third kappa shape index (κ3) is 3.92. The summed E-state index contributed by atoms with van der Waals surface area (Å²) in [6.45, 7) is 1.54. The molecule has 0 aliphatic heterocycles. The largest absolute Gasteiger partial charge is 0.480 e. The van der Waals surface area contributed by atoms with Crippen molar-refractivity contribution >= 4 is 23.8 Å². The Kier molecular flexibility index (Phi) is 5.63. The summed E-state index contributed by atoms with van der Waals surface area (Å²) < 4.78 is 5.45. The normalized spacial score (nSPS) is 13.1. The number of nitrogens with one attached hydrogen (secondary N) is 2. The number of aromatic amines is 1. The van der Waals surface area contributed by atoms with Gasteiger partial charge in [-0.25, -0.2) is 9.59 Å². The molecule has 164 valence electrons. The lowest BCUT2D eigenvalue weighted by Gasteiger charge is -2.20. The van der Waals surface area contributed by atoms with Crippen molar-refractivity contribution in [2.24, 2.45) is 0 Å². The van der Waals surface area contributed by atoms with Crippen LogP contribution < -0.4 is 5.32 Å². The average molecular weight is 434 g/mol. The number of carboxylic acid groups (broad SMARTS) is 1. The highest BCUT2D eigenvalue weighted by Gasteiger charge is 2.29. The number of carbonyl (C=O) groups is 3. The first-order valence-corrected chi connectivity index (χ1v) is 10.0. The number of likely N-dealkylation sites (N-methyl/N-ethyl adjacent to an activating group) is 1. The minimum atomic E-state index is -1.13. The Balaban J connectivity index is 1.40. The number of benzene rings is 2. The van der Waals surface area contributed by atoms with Crippen LogP contribution in [0.4, 0.5) is 10.6 Å². The van der Waals surface area contributed by atoms with Crippen LogP contribution in [0.2, 0.25) is 0 Å². The van der Waals surface area contributed by atoms with Crippen LogP contribution in [-0.4, -0.2) is 57.9 Å². The SMILES string of the molecule is C[C@@H](C(=O)O)N(C)C(=O)c1cc(NC(=O)OCC2c3ccccc3-c3ccccc32)n[nH]1. The van der Waals surface area contributed by atoms with E-state index in [1.165, 1.54) is 20.0 Å². The van der Waals surface area contributed by atoms with Gasteiger partial charge in [-0.3, -0.25) is 15.2 Å². The Morgan fingerprint density at radius 2 is 1.72 bits per heavy atom. The molecule has 0 saturated heterocycles. The molecule has 1 aromatic heterocycles. The van der Waals surface area contributed by atoms with Gasteiger partial charge < -0.3 is 14.7 Å². The van der Waals surface area contributed by atoms with E-state index < -0.39 is 24.0 Å². The summed E-state index contributed by atoms with van der Waals surface area (Å²) in [5.41, 5.74) is 4.52. The first-order valence-electron chi connectivity index (χ1n) is 10.0. The highest BCUT2D eigenvalue weighted by atomic mass is 16.5. The Morgan fingerprint density at radius 1 is 1.12 bits per heavy atom. The van der Waals surface area contributed by atoms with Crippen molar-refractivity contribution in [2.75, 3.05) is 19.0 Å². The van der Waals surface area contributed by atoms with Crippen LogP contribution in [0.25, 0.3) is 11.1 Å². The van der Waals surface area contributed by atoms with Crippen molar-refractivity contribution < 1.29 is 24.2 Å². The zero-order valence-corrected chi connectivity index (χ0v) is 17.5. The summed E-state index contributed by atoms with van der Waals surface area (Å²) in [6.07, 6.45) is -0.704. The fourth-order valence-corrected chi connectivity index (χ4v) is 3.77. The lowest BCUT2D eigenvalue weighted by Crippen LogP contribution is -2.40. The molecule has 32 heavy (non-hydrogen) atoms. The number of ether oxygens (including phenoxy) is 1. The molecule has 3 aromatic rings. The smallest absolute Gasteiger partial charge is 0.412 e. The van der Waals surface area contributed by atoms with Gasteiger partial charge in [0.25, 0.3) is 5.91 Å². The van der Waals surface area contributed by atoms with E-state index in [9.17, 15) is 14.4 Å². The molecule has 0 unspecified atom stereocenters. The van der Waals surface area contributed by atoms with E-state index in [1.54, 1.807) is 0 Å². The van der Waals surface area contributed by atoms with E-state index in [1.807, 2.05) is 36.4 Å². The van der Waals surface area contributed by atoms with Gasteiger partial charge in [-0.05, 0) is 29.2 Å². The van der Waals surface area contributed by atoms with Gasteiger partial charge in [0.05, 0.1) is 0 Å². The molecule has 1 heterocycles. The second-order valence-corrected chi connectivity index (χ2v) is 7.55. The van der Waals surface area contributed by atoms with Crippen LogP contribution in [0, 0.1) is 0 Å². The summed E-state index contributed by atoms with van der Waals surface area (Å²) in [5, 5.41) is 17.9. The van der Waals surface area contributed by atoms with Crippen molar-refractivity contribution in [1.82, 2.24) is 15.1 Å². The molecule has 1 aliphatic carbocycles. The summed E-state index contributed by atoms with van der Waals surface area (Å²) in [4.78, 5) is 36.8. The molecule has 0 radical (unpaired) electrons. The molecule has 9 nitrogen and oxygen atoms in total. The maximum Gasteiger partial charge on any atom is 0.412 e. The lowest BCUT2D eigenvalue weighted by molar-refractivity contribution is -0.141. The molecule has 1 aliphatic rings. The molecule has 2 aromatic carbocycles. The predicted octanol–water partition coefficient (Wildman–Crippen LogP) is 3.32. The Morgan fingerprint density at radius 3 is 2.31 bits per heavy atom. The third-order valence-electron chi connectivity index (χ3n) is 5.64. The fraction of sp³-hybridized carbons (Fsp3) is 0.217. The number of aromatic nitrogens is 2. The minimum Gasteiger partial charge on any atom is -0.480 e. The molecule has 0 bridgehead atoms. The van der Waals surface area contributed by atoms with Crippen LogP contribution in [0.3, 0.4) is 0 Å². The van der Waals surface area contributed by atoms with Crippen LogP contribution in [0.1, 0.15) is 34.5 Å². The quantitative estimate of drug-likeness (QED) is 0.547. The highest BCUT2D eigenvalue weighted by molar-refractivity contribution is 5.96. The Hall–Kier alpha value is -4.14. The summed E-state index contributed by atoms with van der Waals surface area (Å²) in [6, 6.07) is 16.4. The monoisotopic (exact) mass is 434 g/mol. The highest BCUT2D eigenvalue weighted by Crippen LogP contribution is 2.44. The maximum atomic E-state index is 12.4. The Labute approximate surface area is 184 Å². The number of amides is 2. The number of hydrogen-bond donors (Lipinski definition) is 3. The standard InChI is InChI=1S/C23H22N4O5/c1-13(22(29)30)27(2)21(28)19-11-20(26-25-19)24-23(31)32-12-18-16-9-5-3-7-14(16)15-8-4-6-10-17(15)18/h3-11,13,18H,12H2,1-2H3,(H,29,30)(H2,24,25,26,31)/t13-/m0/s1. The van der Waals surface area contributed by atoms with Crippen LogP contribution in [0.5, 0.6) is 0 Å². The summed E-state index contributed by atoms with van der Waals surface area (Å²) in [7, 11) is 1.38. The van der Waals surface area contributed by atoms with Gasteiger partial charge in [0.2, 0.25) is 0 Å². The van der Waals surface area contributed by atoms with Crippen molar-refractivity contribution in [3.05, 3.63) is 71.4 Å². The molecular formula is C23H22N4O5. The maximum absolute atomic E-state index is 12.4. The van der Waals surface area contributed by atoms with E-state index in [0.29, 0.717) is 0 Å². The molecule has 0 spiro atoms. The minimum absolute atomic E-state index is 0.0505. The van der Waals surface area contributed by atoms with Crippen molar-refractivity contribution in [3.63, 3.8) is 0 Å².